The summed E-state index contributed by atoms with van der Waals surface area (Å²) in [4.78, 5) is 22.8. The van der Waals surface area contributed by atoms with Crippen molar-refractivity contribution in [2.75, 3.05) is 54.1 Å². The highest BCUT2D eigenvalue weighted by Crippen LogP contribution is 2.43. The zero-order chi connectivity index (χ0) is 38.4. The van der Waals surface area contributed by atoms with Crippen LogP contribution in [0, 0.1) is 0 Å². The van der Waals surface area contributed by atoms with Crippen LogP contribution in [0.1, 0.15) is 149 Å². The molecule has 0 saturated heterocycles. The lowest BCUT2D eigenvalue weighted by Crippen LogP contribution is -2.37. The summed E-state index contributed by atoms with van der Waals surface area (Å²) < 4.78 is 34.8. The molecule has 0 fully saturated rings. The smallest absolute Gasteiger partial charge is 0.457 e. The van der Waals surface area contributed by atoms with Gasteiger partial charge in [-0.25, -0.2) is 4.57 Å². The van der Waals surface area contributed by atoms with E-state index in [1.165, 1.54) is 83.5 Å². The van der Waals surface area contributed by atoms with Crippen molar-refractivity contribution in [1.29, 1.82) is 0 Å². The van der Waals surface area contributed by atoms with Crippen LogP contribution in [0.5, 0.6) is 0 Å². The molecule has 2 atom stereocenters. The lowest BCUT2D eigenvalue weighted by molar-refractivity contribution is -0.870. The number of ether oxygens (including phenoxy) is 2. The van der Waals surface area contributed by atoms with Crippen LogP contribution < -0.4 is 0 Å². The Labute approximate surface area is 320 Å². The van der Waals surface area contributed by atoms with Crippen molar-refractivity contribution in [3.05, 3.63) is 60.8 Å². The Morgan fingerprint density at radius 2 is 1.12 bits per heavy atom. The molecule has 1 N–H and O–H groups in total. The molecule has 0 aromatic carbocycles. The first kappa shape index (κ1) is 50.2. The summed E-state index contributed by atoms with van der Waals surface area (Å²) in [5.41, 5.74) is 0. The van der Waals surface area contributed by atoms with Crippen LogP contribution in [0.2, 0.25) is 0 Å². The van der Waals surface area contributed by atoms with Gasteiger partial charge >= 0.3 is 13.8 Å². The molecule has 0 radical (unpaired) electrons. The Morgan fingerprint density at radius 1 is 0.615 bits per heavy atom. The number of carbonyl (C=O) groups is 1. The van der Waals surface area contributed by atoms with E-state index in [0.29, 0.717) is 24.1 Å². The standard InChI is InChI=1S/C43H78NO7P/c1-6-8-10-12-14-16-18-20-21-22-23-25-27-29-31-33-35-38-48-40-42(41-50-52(46,47)49-39-37-44(3,4)5)51-43(45)36-34-32-30-28-26-24-19-17-15-13-11-9-7-2/h9,11,15,17,21-22,24,26,30,32,42H,6-8,10,12-14,16,18-20,23,25,27-29,31,33-41H2,1-5H3/p+1/b11-9-,17-15-,22-21-,26-24-,32-30-. The summed E-state index contributed by atoms with van der Waals surface area (Å²) >= 11 is 0. The maximum atomic E-state index is 12.6. The Kier molecular flexibility index (Phi) is 34.9. The normalized spacial score (nSPS) is 14.5. The minimum absolute atomic E-state index is 0.0725. The SMILES string of the molecule is CC/C=C\C/C=C\C/C=C\C/C=C\CCC(=O)OC(COCCCCCCCC/C=C\CCCCCCCCC)COP(=O)(O)OCC[N+](C)(C)C. The molecule has 0 saturated carbocycles. The van der Waals surface area contributed by atoms with Gasteiger partial charge in [0.2, 0.25) is 0 Å². The van der Waals surface area contributed by atoms with Crippen molar-refractivity contribution in [3.63, 3.8) is 0 Å². The van der Waals surface area contributed by atoms with Crippen molar-refractivity contribution >= 4 is 13.8 Å². The molecule has 0 amide bonds. The van der Waals surface area contributed by atoms with Gasteiger partial charge in [-0.05, 0) is 64.2 Å². The molecule has 0 aromatic heterocycles. The highest BCUT2D eigenvalue weighted by Gasteiger charge is 2.26. The summed E-state index contributed by atoms with van der Waals surface area (Å²) in [6.07, 6.45) is 44.2. The van der Waals surface area contributed by atoms with Gasteiger partial charge in [0.15, 0.2) is 0 Å². The third-order valence-corrected chi connectivity index (χ3v) is 9.31. The summed E-state index contributed by atoms with van der Waals surface area (Å²) in [6.45, 7) is 5.37. The number of quaternary nitrogens is 1. The number of hydrogen-bond acceptors (Lipinski definition) is 6. The summed E-state index contributed by atoms with van der Waals surface area (Å²) in [5, 5.41) is 0. The molecule has 302 valence electrons. The number of rotatable bonds is 37. The molecule has 0 spiro atoms. The van der Waals surface area contributed by atoms with Crippen LogP contribution in [-0.4, -0.2) is 75.6 Å². The second-order valence-electron chi connectivity index (χ2n) is 14.6. The predicted octanol–water partition coefficient (Wildman–Crippen LogP) is 11.8. The molecule has 0 heterocycles. The van der Waals surface area contributed by atoms with E-state index in [9.17, 15) is 14.3 Å². The van der Waals surface area contributed by atoms with Crippen molar-refractivity contribution in [1.82, 2.24) is 0 Å². The first-order valence-electron chi connectivity index (χ1n) is 20.5. The zero-order valence-electron chi connectivity index (χ0n) is 34.0. The highest BCUT2D eigenvalue weighted by atomic mass is 31.2. The van der Waals surface area contributed by atoms with Gasteiger partial charge in [0.05, 0.1) is 34.4 Å². The number of carbonyl (C=O) groups excluding carboxylic acids is 1. The third kappa shape index (κ3) is 39.4. The first-order valence-corrected chi connectivity index (χ1v) is 22.0. The maximum absolute atomic E-state index is 12.6. The Balaban J connectivity index is 4.36. The topological polar surface area (TPSA) is 91.3 Å². The van der Waals surface area contributed by atoms with Crippen LogP contribution >= 0.6 is 7.82 Å². The van der Waals surface area contributed by atoms with E-state index < -0.39 is 19.9 Å². The van der Waals surface area contributed by atoms with Crippen LogP contribution in [0.4, 0.5) is 0 Å². The van der Waals surface area contributed by atoms with Crippen molar-refractivity contribution in [2.24, 2.45) is 0 Å². The molecule has 52 heavy (non-hydrogen) atoms. The predicted molar refractivity (Wildman–Crippen MR) is 219 cm³/mol. The number of esters is 1. The minimum atomic E-state index is -4.29. The number of unbranched alkanes of at least 4 members (excludes halogenated alkanes) is 13. The van der Waals surface area contributed by atoms with Gasteiger partial charge in [-0.2, -0.15) is 0 Å². The average Bonchev–Trinajstić information content (AvgIpc) is 3.09. The van der Waals surface area contributed by atoms with Gasteiger partial charge < -0.3 is 18.9 Å². The molecule has 0 aliphatic rings. The van der Waals surface area contributed by atoms with Crippen molar-refractivity contribution in [3.8, 4) is 0 Å². The molecule has 8 nitrogen and oxygen atoms in total. The fourth-order valence-electron chi connectivity index (χ4n) is 5.15. The molecule has 0 aliphatic carbocycles. The molecular formula is C43H79NO7P+. The fourth-order valence-corrected chi connectivity index (χ4v) is 5.89. The van der Waals surface area contributed by atoms with Crippen molar-refractivity contribution < 1.29 is 37.3 Å². The molecule has 0 bridgehead atoms. The van der Waals surface area contributed by atoms with Crippen LogP contribution in [0.15, 0.2) is 60.8 Å². The minimum Gasteiger partial charge on any atom is -0.457 e. The zero-order valence-corrected chi connectivity index (χ0v) is 34.9. The average molecular weight is 753 g/mol. The van der Waals surface area contributed by atoms with Crippen molar-refractivity contribution in [2.45, 2.75) is 155 Å². The van der Waals surface area contributed by atoms with Crippen LogP contribution in [0.25, 0.3) is 0 Å². The van der Waals surface area contributed by atoms with E-state index >= 15 is 0 Å². The number of phosphoric ester groups is 1. The Morgan fingerprint density at radius 3 is 1.67 bits per heavy atom. The van der Waals surface area contributed by atoms with Gasteiger partial charge in [-0.3, -0.25) is 13.8 Å². The largest absolute Gasteiger partial charge is 0.472 e. The van der Waals surface area contributed by atoms with Gasteiger partial charge in [-0.15, -0.1) is 0 Å². The number of likely N-dealkylation sites (N-methyl/N-ethyl adjacent to an activating group) is 1. The quantitative estimate of drug-likeness (QED) is 0.0222. The number of hydrogen-bond donors (Lipinski definition) is 1. The van der Waals surface area contributed by atoms with Crippen LogP contribution in [-0.2, 0) is 27.9 Å². The van der Waals surface area contributed by atoms with E-state index in [0.717, 1.165) is 38.5 Å². The molecule has 2 unspecified atom stereocenters. The van der Waals surface area contributed by atoms with E-state index in [4.69, 9.17) is 18.5 Å². The van der Waals surface area contributed by atoms with Gasteiger partial charge in [0.25, 0.3) is 0 Å². The lowest BCUT2D eigenvalue weighted by Gasteiger charge is -2.24. The fraction of sp³-hybridized carbons (Fsp3) is 0.744. The van der Waals surface area contributed by atoms with E-state index in [1.807, 2.05) is 33.3 Å². The second-order valence-corrected chi connectivity index (χ2v) is 16.1. The molecule has 0 aromatic rings. The highest BCUT2D eigenvalue weighted by molar-refractivity contribution is 7.47. The van der Waals surface area contributed by atoms with Crippen LogP contribution in [0.3, 0.4) is 0 Å². The second kappa shape index (κ2) is 36.2. The number of allylic oxidation sites excluding steroid dienone is 10. The summed E-state index contributed by atoms with van der Waals surface area (Å²) in [5.74, 6) is -0.397. The molecular weight excluding hydrogens is 673 g/mol. The van der Waals surface area contributed by atoms with Gasteiger partial charge in [-0.1, -0.05) is 139 Å². The lowest BCUT2D eigenvalue weighted by atomic mass is 10.1. The van der Waals surface area contributed by atoms with E-state index in [1.54, 1.807) is 0 Å². The molecule has 0 rings (SSSR count). The Hall–Kier alpha value is -1.80. The molecule has 0 aliphatic heterocycles. The van der Waals surface area contributed by atoms with Gasteiger partial charge in [0.1, 0.15) is 19.3 Å². The monoisotopic (exact) mass is 753 g/mol. The maximum Gasteiger partial charge on any atom is 0.472 e. The Bertz CT molecular complexity index is 1020. The first-order chi connectivity index (χ1) is 25.1. The van der Waals surface area contributed by atoms with Gasteiger partial charge in [0, 0.05) is 13.0 Å². The number of nitrogens with zero attached hydrogens (tertiary/aromatic N) is 1. The number of phosphoric acid groups is 1. The van der Waals surface area contributed by atoms with E-state index in [-0.39, 0.29) is 26.2 Å². The third-order valence-electron chi connectivity index (χ3n) is 8.33. The summed E-state index contributed by atoms with van der Waals surface area (Å²) in [6, 6.07) is 0. The molecule has 9 heteroatoms. The summed E-state index contributed by atoms with van der Waals surface area (Å²) in [7, 11) is 1.61. The van der Waals surface area contributed by atoms with E-state index in [2.05, 4.69) is 62.5 Å².